The first-order valence-corrected chi connectivity index (χ1v) is 6.23. The Balaban J connectivity index is 2.38. The fraction of sp³-hybridized carbons (Fsp3) is 0.231. The second-order valence-electron chi connectivity index (χ2n) is 4.46. The molecule has 4 nitrogen and oxygen atoms in total. The van der Waals surface area contributed by atoms with E-state index < -0.39 is 23.0 Å². The van der Waals surface area contributed by atoms with E-state index in [9.17, 15) is 22.8 Å². The first-order chi connectivity index (χ1) is 9.70. The van der Waals surface area contributed by atoms with Crippen molar-refractivity contribution in [3.63, 3.8) is 0 Å². The van der Waals surface area contributed by atoms with Crippen LogP contribution in [0.5, 0.6) is 0 Å². The van der Waals surface area contributed by atoms with Crippen LogP contribution in [0.15, 0.2) is 33.9 Å². The van der Waals surface area contributed by atoms with E-state index in [2.05, 4.69) is 4.98 Å². The summed E-state index contributed by atoms with van der Waals surface area (Å²) < 4.78 is 38.2. The number of H-pyrrole nitrogens is 1. The number of alkyl halides is 3. The van der Waals surface area contributed by atoms with E-state index in [1.165, 1.54) is 19.1 Å². The van der Waals surface area contributed by atoms with E-state index >= 15 is 0 Å². The van der Waals surface area contributed by atoms with E-state index in [-0.39, 0.29) is 17.3 Å². The molecular weight excluding hydrogens is 309 g/mol. The molecule has 0 radical (unpaired) electrons. The van der Waals surface area contributed by atoms with Crippen LogP contribution in [0.25, 0.3) is 0 Å². The van der Waals surface area contributed by atoms with Crippen LogP contribution in [-0.2, 0) is 12.7 Å². The van der Waals surface area contributed by atoms with Gasteiger partial charge in [0.15, 0.2) is 0 Å². The van der Waals surface area contributed by atoms with Gasteiger partial charge in [0.2, 0.25) is 0 Å². The summed E-state index contributed by atoms with van der Waals surface area (Å²) in [6.45, 7) is 1.31. The van der Waals surface area contributed by atoms with Gasteiger partial charge in [-0.05, 0) is 24.6 Å². The zero-order chi connectivity index (χ0) is 15.8. The predicted molar refractivity (Wildman–Crippen MR) is 71.6 cm³/mol. The lowest BCUT2D eigenvalue weighted by Crippen LogP contribution is -2.36. The number of aromatic nitrogens is 2. The van der Waals surface area contributed by atoms with Crippen molar-refractivity contribution >= 4 is 11.6 Å². The minimum Gasteiger partial charge on any atom is -0.297 e. The number of nitrogens with zero attached hydrogens (tertiary/aromatic N) is 1. The number of rotatable bonds is 2. The van der Waals surface area contributed by atoms with Gasteiger partial charge in [0, 0.05) is 5.56 Å². The van der Waals surface area contributed by atoms with E-state index in [1.54, 1.807) is 0 Å². The Hall–Kier alpha value is -2.02. The van der Waals surface area contributed by atoms with E-state index in [0.29, 0.717) is 5.56 Å². The summed E-state index contributed by atoms with van der Waals surface area (Å²) in [5.41, 5.74) is -1.51. The van der Waals surface area contributed by atoms with Crippen LogP contribution in [-0.4, -0.2) is 9.55 Å². The Labute approximate surface area is 121 Å². The zero-order valence-electron chi connectivity index (χ0n) is 10.8. The minimum atomic E-state index is -4.43. The molecule has 0 spiro atoms. The van der Waals surface area contributed by atoms with Crippen molar-refractivity contribution in [3.8, 4) is 0 Å². The maximum Gasteiger partial charge on any atom is 0.416 e. The van der Waals surface area contributed by atoms with Crippen molar-refractivity contribution in [1.82, 2.24) is 9.55 Å². The van der Waals surface area contributed by atoms with Crippen molar-refractivity contribution in [2.45, 2.75) is 19.6 Å². The molecule has 0 fully saturated rings. The second-order valence-corrected chi connectivity index (χ2v) is 4.83. The smallest absolute Gasteiger partial charge is 0.297 e. The molecule has 21 heavy (non-hydrogen) atoms. The topological polar surface area (TPSA) is 54.9 Å². The average Bonchev–Trinajstić information content (AvgIpc) is 2.41. The number of hydrogen-bond acceptors (Lipinski definition) is 2. The first kappa shape index (κ1) is 15.4. The lowest BCUT2D eigenvalue weighted by atomic mass is 10.1. The summed E-state index contributed by atoms with van der Waals surface area (Å²) in [4.78, 5) is 25.9. The van der Waals surface area contributed by atoms with Gasteiger partial charge in [-0.25, -0.2) is 4.79 Å². The lowest BCUT2D eigenvalue weighted by molar-refractivity contribution is -0.137. The second kappa shape index (κ2) is 5.40. The molecule has 2 rings (SSSR count). The van der Waals surface area contributed by atoms with Crippen LogP contribution in [0.4, 0.5) is 13.2 Å². The Morgan fingerprint density at radius 3 is 2.29 bits per heavy atom. The summed E-state index contributed by atoms with van der Waals surface area (Å²) in [5.74, 6) is 0. The summed E-state index contributed by atoms with van der Waals surface area (Å²) in [6, 6.07) is 4.24. The van der Waals surface area contributed by atoms with Crippen LogP contribution in [0.3, 0.4) is 0 Å². The Bertz CT molecular complexity index is 776. The van der Waals surface area contributed by atoms with E-state index in [0.717, 1.165) is 16.7 Å². The van der Waals surface area contributed by atoms with Gasteiger partial charge in [-0.3, -0.25) is 14.3 Å². The molecule has 0 amide bonds. The molecule has 1 heterocycles. The van der Waals surface area contributed by atoms with Gasteiger partial charge in [-0.1, -0.05) is 23.7 Å². The molecule has 0 aliphatic rings. The molecule has 1 N–H and O–H groups in total. The zero-order valence-corrected chi connectivity index (χ0v) is 11.5. The molecule has 2 aromatic rings. The van der Waals surface area contributed by atoms with E-state index in [1.807, 2.05) is 0 Å². The highest BCUT2D eigenvalue weighted by molar-refractivity contribution is 6.30. The Morgan fingerprint density at radius 1 is 1.19 bits per heavy atom. The standard InChI is InChI=1S/C13H10ClF3N2O2/c1-7-10(14)18-12(21)19(11(7)20)6-8-2-4-9(5-3-8)13(15,16)17/h2-5H,6H2,1H3,(H,18,21). The van der Waals surface area contributed by atoms with Gasteiger partial charge < -0.3 is 0 Å². The van der Waals surface area contributed by atoms with Crippen molar-refractivity contribution in [1.29, 1.82) is 0 Å². The Morgan fingerprint density at radius 2 is 1.76 bits per heavy atom. The maximum atomic E-state index is 12.4. The molecular formula is C13H10ClF3N2O2. The van der Waals surface area contributed by atoms with Crippen LogP contribution in [0.1, 0.15) is 16.7 Å². The SMILES string of the molecule is Cc1c(Cl)[nH]c(=O)n(Cc2ccc(C(F)(F)F)cc2)c1=O. The normalized spacial score (nSPS) is 11.7. The molecule has 8 heteroatoms. The highest BCUT2D eigenvalue weighted by Crippen LogP contribution is 2.29. The first-order valence-electron chi connectivity index (χ1n) is 5.85. The van der Waals surface area contributed by atoms with Gasteiger partial charge in [-0.15, -0.1) is 0 Å². The third kappa shape index (κ3) is 3.18. The Kier molecular flexibility index (Phi) is 3.95. The molecule has 0 atom stereocenters. The number of nitrogens with one attached hydrogen (secondary N) is 1. The number of halogens is 4. The van der Waals surface area contributed by atoms with Gasteiger partial charge >= 0.3 is 11.9 Å². The number of benzene rings is 1. The van der Waals surface area contributed by atoms with Gasteiger partial charge in [0.1, 0.15) is 5.15 Å². The highest BCUT2D eigenvalue weighted by Gasteiger charge is 2.29. The third-order valence-corrected chi connectivity index (χ3v) is 3.36. The molecule has 112 valence electrons. The number of hydrogen-bond donors (Lipinski definition) is 1. The van der Waals surface area contributed by atoms with Crippen molar-refractivity contribution in [2.24, 2.45) is 0 Å². The summed E-state index contributed by atoms with van der Waals surface area (Å²) in [5, 5.41) is -0.0475. The molecule has 0 saturated carbocycles. The van der Waals surface area contributed by atoms with Crippen molar-refractivity contribution in [3.05, 3.63) is 66.9 Å². The monoisotopic (exact) mass is 318 g/mol. The van der Waals surface area contributed by atoms with Crippen molar-refractivity contribution in [2.75, 3.05) is 0 Å². The summed E-state index contributed by atoms with van der Waals surface area (Å²) >= 11 is 5.67. The summed E-state index contributed by atoms with van der Waals surface area (Å²) in [7, 11) is 0. The van der Waals surface area contributed by atoms with Crippen LogP contribution in [0.2, 0.25) is 5.15 Å². The van der Waals surface area contributed by atoms with Crippen LogP contribution in [0, 0.1) is 6.92 Å². The average molecular weight is 319 g/mol. The molecule has 0 unspecified atom stereocenters. The number of aromatic amines is 1. The fourth-order valence-corrected chi connectivity index (χ4v) is 1.93. The lowest BCUT2D eigenvalue weighted by Gasteiger charge is -2.09. The molecule has 0 aliphatic carbocycles. The van der Waals surface area contributed by atoms with Gasteiger partial charge in [0.05, 0.1) is 12.1 Å². The third-order valence-electron chi connectivity index (χ3n) is 2.98. The molecule has 0 bridgehead atoms. The largest absolute Gasteiger partial charge is 0.416 e. The minimum absolute atomic E-state index is 0.0475. The van der Waals surface area contributed by atoms with Crippen LogP contribution < -0.4 is 11.2 Å². The molecule has 1 aromatic carbocycles. The van der Waals surface area contributed by atoms with E-state index in [4.69, 9.17) is 11.6 Å². The maximum absolute atomic E-state index is 12.4. The van der Waals surface area contributed by atoms with Gasteiger partial charge in [-0.2, -0.15) is 13.2 Å². The highest BCUT2D eigenvalue weighted by atomic mass is 35.5. The van der Waals surface area contributed by atoms with Crippen LogP contribution >= 0.6 is 11.6 Å². The van der Waals surface area contributed by atoms with Gasteiger partial charge in [0.25, 0.3) is 5.56 Å². The molecule has 0 saturated heterocycles. The predicted octanol–water partition coefficient (Wildman–Crippen LogP) is 2.57. The quantitative estimate of drug-likeness (QED) is 0.865. The summed E-state index contributed by atoms with van der Waals surface area (Å²) in [6.07, 6.45) is -4.43. The van der Waals surface area contributed by atoms with Crippen molar-refractivity contribution < 1.29 is 13.2 Å². The molecule has 1 aromatic heterocycles. The fourth-order valence-electron chi connectivity index (χ4n) is 1.77. The molecule has 0 aliphatic heterocycles.